The van der Waals surface area contributed by atoms with E-state index in [1.807, 2.05) is 12.1 Å². The van der Waals surface area contributed by atoms with Gasteiger partial charge in [0.2, 0.25) is 0 Å². The van der Waals surface area contributed by atoms with Crippen molar-refractivity contribution in [2.24, 2.45) is 0 Å². The van der Waals surface area contributed by atoms with Gasteiger partial charge in [-0.25, -0.2) is 0 Å². The predicted octanol–water partition coefficient (Wildman–Crippen LogP) is 1.76. The van der Waals surface area contributed by atoms with Gasteiger partial charge in [-0.15, -0.1) is 10.2 Å². The highest BCUT2D eigenvalue weighted by molar-refractivity contribution is 5.91. The Morgan fingerprint density at radius 2 is 1.95 bits per heavy atom. The zero-order valence-corrected chi connectivity index (χ0v) is 11.0. The molecule has 0 radical (unpaired) electrons. The van der Waals surface area contributed by atoms with Crippen molar-refractivity contribution in [3.05, 3.63) is 53.2 Å². The lowest BCUT2D eigenvalue weighted by molar-refractivity contribution is 0.0957. The first-order chi connectivity index (χ1) is 9.20. The van der Waals surface area contributed by atoms with Crippen LogP contribution in [0.3, 0.4) is 0 Å². The Labute approximate surface area is 112 Å². The third kappa shape index (κ3) is 3.28. The highest BCUT2D eigenvalue weighted by Gasteiger charge is 2.05. The summed E-state index contributed by atoms with van der Waals surface area (Å²) in [6.45, 7) is 2.75. The van der Waals surface area contributed by atoms with E-state index in [9.17, 15) is 4.79 Å². The molecule has 98 valence electrons. The number of hydrogen-bond donors (Lipinski definition) is 2. The molecule has 2 rings (SSSR count). The molecule has 1 aromatic carbocycles. The van der Waals surface area contributed by atoms with Crippen LogP contribution < -0.4 is 10.6 Å². The number of anilines is 1. The fraction of sp³-hybridized carbons (Fsp3) is 0.214. The molecule has 2 aromatic rings. The standard InChI is InChI=1S/C14H16N4O/c1-10-5-3-4-6-11(10)9-16-13-8-7-12(17-18-13)14(19)15-2/h3-8H,9H2,1-2H3,(H,15,19)(H,16,18). The minimum absolute atomic E-state index is 0.238. The molecule has 5 nitrogen and oxygen atoms in total. The van der Waals surface area contributed by atoms with E-state index in [-0.39, 0.29) is 5.91 Å². The summed E-state index contributed by atoms with van der Waals surface area (Å²) < 4.78 is 0. The molecule has 5 heteroatoms. The van der Waals surface area contributed by atoms with Gasteiger partial charge in [-0.1, -0.05) is 24.3 Å². The van der Waals surface area contributed by atoms with Crippen molar-refractivity contribution in [2.75, 3.05) is 12.4 Å². The van der Waals surface area contributed by atoms with Gasteiger partial charge in [0.1, 0.15) is 5.82 Å². The second kappa shape index (κ2) is 5.95. The van der Waals surface area contributed by atoms with Gasteiger partial charge in [0.15, 0.2) is 5.69 Å². The lowest BCUT2D eigenvalue weighted by Crippen LogP contribution is -2.19. The molecular weight excluding hydrogens is 240 g/mol. The van der Waals surface area contributed by atoms with Crippen LogP contribution in [-0.2, 0) is 6.54 Å². The van der Waals surface area contributed by atoms with Crippen LogP contribution in [0.5, 0.6) is 0 Å². The van der Waals surface area contributed by atoms with Crippen molar-refractivity contribution in [1.82, 2.24) is 15.5 Å². The summed E-state index contributed by atoms with van der Waals surface area (Å²) in [5.41, 5.74) is 2.74. The average Bonchev–Trinajstić information content (AvgIpc) is 2.46. The molecule has 0 fully saturated rings. The van der Waals surface area contributed by atoms with Crippen molar-refractivity contribution in [3.8, 4) is 0 Å². The summed E-state index contributed by atoms with van der Waals surface area (Å²) in [5, 5.41) is 13.5. The first kappa shape index (κ1) is 13.0. The van der Waals surface area contributed by atoms with Crippen molar-refractivity contribution in [2.45, 2.75) is 13.5 Å². The Kier molecular flexibility index (Phi) is 4.07. The summed E-state index contributed by atoms with van der Waals surface area (Å²) in [7, 11) is 1.56. The maximum atomic E-state index is 11.3. The number of carbonyl (C=O) groups excluding carboxylic acids is 1. The number of benzene rings is 1. The van der Waals surface area contributed by atoms with Crippen LogP contribution in [0.25, 0.3) is 0 Å². The monoisotopic (exact) mass is 256 g/mol. The van der Waals surface area contributed by atoms with Crippen LogP contribution in [0.4, 0.5) is 5.82 Å². The smallest absolute Gasteiger partial charge is 0.271 e. The van der Waals surface area contributed by atoms with Crippen LogP contribution in [0.1, 0.15) is 21.6 Å². The van der Waals surface area contributed by atoms with Crippen LogP contribution in [-0.4, -0.2) is 23.2 Å². The summed E-state index contributed by atoms with van der Waals surface area (Å²) >= 11 is 0. The molecular formula is C14H16N4O. The first-order valence-electron chi connectivity index (χ1n) is 6.05. The molecule has 0 bridgehead atoms. The molecule has 0 unspecified atom stereocenters. The average molecular weight is 256 g/mol. The normalized spacial score (nSPS) is 10.0. The topological polar surface area (TPSA) is 66.9 Å². The Morgan fingerprint density at radius 3 is 2.58 bits per heavy atom. The molecule has 1 heterocycles. The quantitative estimate of drug-likeness (QED) is 0.874. The van der Waals surface area contributed by atoms with E-state index in [0.717, 1.165) is 0 Å². The fourth-order valence-corrected chi connectivity index (χ4v) is 1.67. The zero-order valence-electron chi connectivity index (χ0n) is 11.0. The Morgan fingerprint density at radius 1 is 1.16 bits per heavy atom. The highest BCUT2D eigenvalue weighted by Crippen LogP contribution is 2.09. The fourth-order valence-electron chi connectivity index (χ4n) is 1.67. The molecule has 0 aliphatic carbocycles. The van der Waals surface area contributed by atoms with Crippen LogP contribution >= 0.6 is 0 Å². The lowest BCUT2D eigenvalue weighted by Gasteiger charge is -2.07. The minimum atomic E-state index is -0.238. The number of nitrogens with zero attached hydrogens (tertiary/aromatic N) is 2. The predicted molar refractivity (Wildman–Crippen MR) is 73.9 cm³/mol. The summed E-state index contributed by atoms with van der Waals surface area (Å²) in [5.74, 6) is 0.411. The molecule has 1 amide bonds. The molecule has 0 aliphatic rings. The maximum absolute atomic E-state index is 11.3. The van der Waals surface area contributed by atoms with E-state index in [0.29, 0.717) is 18.1 Å². The number of rotatable bonds is 4. The number of aryl methyl sites for hydroxylation is 1. The summed E-state index contributed by atoms with van der Waals surface area (Å²) in [4.78, 5) is 11.3. The number of carbonyl (C=O) groups is 1. The maximum Gasteiger partial charge on any atom is 0.271 e. The first-order valence-corrected chi connectivity index (χ1v) is 6.05. The van der Waals surface area contributed by atoms with Crippen molar-refractivity contribution in [3.63, 3.8) is 0 Å². The van der Waals surface area contributed by atoms with Gasteiger partial charge in [0.05, 0.1) is 0 Å². The van der Waals surface area contributed by atoms with E-state index < -0.39 is 0 Å². The van der Waals surface area contributed by atoms with Crippen molar-refractivity contribution < 1.29 is 4.79 Å². The van der Waals surface area contributed by atoms with Gasteiger partial charge in [-0.3, -0.25) is 4.79 Å². The second-order valence-electron chi connectivity index (χ2n) is 4.16. The van der Waals surface area contributed by atoms with Crippen LogP contribution in [0, 0.1) is 6.92 Å². The van der Waals surface area contributed by atoms with Crippen molar-refractivity contribution in [1.29, 1.82) is 0 Å². The molecule has 0 saturated heterocycles. The Bertz CT molecular complexity index is 566. The molecule has 0 spiro atoms. The van der Waals surface area contributed by atoms with E-state index in [1.165, 1.54) is 11.1 Å². The third-order valence-corrected chi connectivity index (χ3v) is 2.85. The number of hydrogen-bond acceptors (Lipinski definition) is 4. The van der Waals surface area contributed by atoms with Gasteiger partial charge < -0.3 is 10.6 Å². The third-order valence-electron chi connectivity index (χ3n) is 2.85. The largest absolute Gasteiger partial charge is 0.364 e. The molecule has 0 atom stereocenters. The SMILES string of the molecule is CNC(=O)c1ccc(NCc2ccccc2C)nn1. The van der Waals surface area contributed by atoms with E-state index in [2.05, 4.69) is 39.9 Å². The second-order valence-corrected chi connectivity index (χ2v) is 4.16. The number of nitrogens with one attached hydrogen (secondary N) is 2. The van der Waals surface area contributed by atoms with E-state index >= 15 is 0 Å². The van der Waals surface area contributed by atoms with Crippen LogP contribution in [0.15, 0.2) is 36.4 Å². The summed E-state index contributed by atoms with van der Waals surface area (Å²) in [6.07, 6.45) is 0. The van der Waals surface area contributed by atoms with Gasteiger partial charge in [0, 0.05) is 13.6 Å². The minimum Gasteiger partial charge on any atom is -0.364 e. The Balaban J connectivity index is 2.01. The Hall–Kier alpha value is -2.43. The van der Waals surface area contributed by atoms with Gasteiger partial charge in [0.25, 0.3) is 5.91 Å². The zero-order chi connectivity index (χ0) is 13.7. The lowest BCUT2D eigenvalue weighted by atomic mass is 10.1. The summed E-state index contributed by atoms with van der Waals surface area (Å²) in [6, 6.07) is 11.5. The molecule has 1 aromatic heterocycles. The van der Waals surface area contributed by atoms with E-state index in [4.69, 9.17) is 0 Å². The molecule has 0 saturated carbocycles. The van der Waals surface area contributed by atoms with Gasteiger partial charge >= 0.3 is 0 Å². The van der Waals surface area contributed by atoms with Crippen LogP contribution in [0.2, 0.25) is 0 Å². The highest BCUT2D eigenvalue weighted by atomic mass is 16.1. The van der Waals surface area contributed by atoms with E-state index in [1.54, 1.807) is 19.2 Å². The number of aromatic nitrogens is 2. The molecule has 19 heavy (non-hydrogen) atoms. The molecule has 0 aliphatic heterocycles. The van der Waals surface area contributed by atoms with Gasteiger partial charge in [-0.2, -0.15) is 0 Å². The number of amides is 1. The molecule has 2 N–H and O–H groups in total. The van der Waals surface area contributed by atoms with Gasteiger partial charge in [-0.05, 0) is 30.2 Å². The van der Waals surface area contributed by atoms with Crippen molar-refractivity contribution >= 4 is 11.7 Å².